The Kier molecular flexibility index (Phi) is 4.79. The number of carbonyl (C=O) groups is 2. The molecule has 0 atom stereocenters. The van der Waals surface area contributed by atoms with Crippen molar-refractivity contribution in [1.29, 1.82) is 0 Å². The van der Waals surface area contributed by atoms with Crippen LogP contribution in [-0.4, -0.2) is 22.4 Å². The summed E-state index contributed by atoms with van der Waals surface area (Å²) in [5.74, 6) is -1.01. The molecule has 2 N–H and O–H groups in total. The number of hydrogen-bond acceptors (Lipinski definition) is 4. The fourth-order valence-electron chi connectivity index (χ4n) is 2.49. The van der Waals surface area contributed by atoms with Crippen LogP contribution in [0, 0.1) is 0 Å². The highest BCUT2D eigenvalue weighted by Gasteiger charge is 2.42. The Morgan fingerprint density at radius 3 is 2.60 bits per heavy atom. The molecule has 1 aromatic rings. The maximum Gasteiger partial charge on any atom is 0.341 e. The quantitative estimate of drug-likeness (QED) is 0.770. The van der Waals surface area contributed by atoms with Gasteiger partial charge in [-0.05, 0) is 25.0 Å². The van der Waals surface area contributed by atoms with E-state index in [1.54, 1.807) is 6.07 Å². The molecule has 0 saturated heterocycles. The molecule has 2 rings (SSSR count). The topological polar surface area (TPSA) is 88.3 Å². The van der Waals surface area contributed by atoms with Gasteiger partial charge in [0.1, 0.15) is 11.1 Å². The first-order valence-corrected chi connectivity index (χ1v) is 7.30. The molecular formula is C13H15IN2O4. The van der Waals surface area contributed by atoms with Crippen LogP contribution < -0.4 is 10.9 Å². The largest absolute Gasteiger partial charge is 0.393 e. The first kappa shape index (κ1) is 15.0. The molecule has 108 valence electrons. The van der Waals surface area contributed by atoms with Gasteiger partial charge >= 0.3 is 5.97 Å². The Morgan fingerprint density at radius 1 is 1.30 bits per heavy atom. The van der Waals surface area contributed by atoms with Crippen molar-refractivity contribution in [3.63, 3.8) is 0 Å². The van der Waals surface area contributed by atoms with Gasteiger partial charge in [-0.2, -0.15) is 0 Å². The van der Waals surface area contributed by atoms with Crippen LogP contribution >= 0.6 is 23.0 Å². The normalized spacial score (nSPS) is 17.2. The Hall–Kier alpha value is -1.38. The van der Waals surface area contributed by atoms with Crippen LogP contribution in [-0.2, 0) is 7.86 Å². The fourth-order valence-corrected chi connectivity index (χ4v) is 2.92. The van der Waals surface area contributed by atoms with Crippen LogP contribution in [0.5, 0.6) is 0 Å². The summed E-state index contributed by atoms with van der Waals surface area (Å²) in [7, 11) is 0. The molecule has 6 nitrogen and oxygen atoms in total. The second-order valence-electron chi connectivity index (χ2n) is 4.87. The highest BCUT2D eigenvalue weighted by molar-refractivity contribution is 14.1. The standard InChI is InChI=1S/C13H15IN2O4/c14-20-12(19)13(6-2-1-3-7-13)16-11(18)9-5-4-8-15-10(9)17/h4-5,8H,1-3,6-7H2,(H,15,17)(H,16,18). The van der Waals surface area contributed by atoms with E-state index >= 15 is 0 Å². The van der Waals surface area contributed by atoms with E-state index in [1.165, 1.54) is 35.3 Å². The first-order valence-electron chi connectivity index (χ1n) is 6.42. The minimum atomic E-state index is -1.02. The molecule has 1 aromatic heterocycles. The number of rotatable bonds is 3. The van der Waals surface area contributed by atoms with E-state index < -0.39 is 23.0 Å². The zero-order chi connectivity index (χ0) is 14.6. The SMILES string of the molecule is O=C(NC1(C(=O)OI)CCCCC1)c1ccc[nH]c1=O. The van der Waals surface area contributed by atoms with Crippen LogP contribution in [0.15, 0.2) is 23.1 Å². The lowest BCUT2D eigenvalue weighted by Crippen LogP contribution is -2.56. The van der Waals surface area contributed by atoms with Crippen molar-refractivity contribution in [2.24, 2.45) is 0 Å². The second kappa shape index (κ2) is 6.38. The molecule has 20 heavy (non-hydrogen) atoms. The molecule has 0 unspecified atom stereocenters. The summed E-state index contributed by atoms with van der Waals surface area (Å²) in [5.41, 5.74) is -1.49. The third-order valence-corrected chi connectivity index (χ3v) is 3.98. The van der Waals surface area contributed by atoms with E-state index in [1.807, 2.05) is 0 Å². The summed E-state index contributed by atoms with van der Waals surface area (Å²) in [6, 6.07) is 3.00. The summed E-state index contributed by atoms with van der Waals surface area (Å²) in [6.07, 6.45) is 5.23. The molecule has 0 aromatic carbocycles. The number of aromatic nitrogens is 1. The lowest BCUT2D eigenvalue weighted by Gasteiger charge is -2.34. The van der Waals surface area contributed by atoms with Crippen LogP contribution in [0.1, 0.15) is 42.5 Å². The summed E-state index contributed by atoms with van der Waals surface area (Å²) >= 11 is 1.53. The lowest BCUT2D eigenvalue weighted by molar-refractivity contribution is -0.139. The van der Waals surface area contributed by atoms with E-state index in [0.29, 0.717) is 12.8 Å². The van der Waals surface area contributed by atoms with Gasteiger partial charge in [0.15, 0.2) is 23.0 Å². The van der Waals surface area contributed by atoms with E-state index in [0.717, 1.165) is 19.3 Å². The highest BCUT2D eigenvalue weighted by Crippen LogP contribution is 2.30. The average molecular weight is 390 g/mol. The van der Waals surface area contributed by atoms with Crippen molar-refractivity contribution in [2.75, 3.05) is 0 Å². The van der Waals surface area contributed by atoms with Gasteiger partial charge in [-0.25, -0.2) is 4.79 Å². The molecule has 1 aliphatic carbocycles. The molecule has 1 heterocycles. The zero-order valence-electron chi connectivity index (χ0n) is 10.8. The van der Waals surface area contributed by atoms with Gasteiger partial charge in [-0.15, -0.1) is 0 Å². The first-order chi connectivity index (χ1) is 9.59. The molecule has 7 heteroatoms. The molecule has 1 amide bonds. The van der Waals surface area contributed by atoms with Gasteiger partial charge in [0.05, 0.1) is 0 Å². The second-order valence-corrected chi connectivity index (χ2v) is 5.31. The smallest absolute Gasteiger partial charge is 0.341 e. The number of nitrogens with one attached hydrogen (secondary N) is 2. The maximum atomic E-state index is 12.2. The van der Waals surface area contributed by atoms with Crippen molar-refractivity contribution >= 4 is 34.9 Å². The van der Waals surface area contributed by atoms with Gasteiger partial charge in [0.2, 0.25) is 0 Å². The van der Waals surface area contributed by atoms with Crippen LogP contribution in [0.4, 0.5) is 0 Å². The van der Waals surface area contributed by atoms with Crippen LogP contribution in [0.25, 0.3) is 0 Å². The maximum absolute atomic E-state index is 12.2. The monoisotopic (exact) mass is 390 g/mol. The number of halogens is 1. The molecule has 0 spiro atoms. The summed E-state index contributed by atoms with van der Waals surface area (Å²) in [5, 5.41) is 2.70. The predicted octanol–water partition coefficient (Wildman–Crippen LogP) is 1.70. The Balaban J connectivity index is 2.24. The third-order valence-electron chi connectivity index (χ3n) is 3.58. The third kappa shape index (κ3) is 3.02. The number of carbonyl (C=O) groups excluding carboxylic acids is 2. The number of pyridine rings is 1. The molecule has 1 saturated carbocycles. The minimum Gasteiger partial charge on any atom is -0.393 e. The molecule has 0 radical (unpaired) electrons. The molecule has 0 bridgehead atoms. The molecule has 1 aliphatic rings. The van der Waals surface area contributed by atoms with Gasteiger partial charge in [-0.1, -0.05) is 19.3 Å². The Labute approximate surface area is 130 Å². The van der Waals surface area contributed by atoms with Crippen molar-refractivity contribution < 1.29 is 12.7 Å². The average Bonchev–Trinajstić information content (AvgIpc) is 2.47. The number of H-pyrrole nitrogens is 1. The number of aromatic amines is 1. The molecule has 0 aliphatic heterocycles. The fraction of sp³-hybridized carbons (Fsp3) is 0.462. The Morgan fingerprint density at radius 2 is 2.00 bits per heavy atom. The number of hydrogen-bond donors (Lipinski definition) is 2. The van der Waals surface area contributed by atoms with E-state index in [4.69, 9.17) is 3.07 Å². The van der Waals surface area contributed by atoms with Crippen molar-refractivity contribution in [2.45, 2.75) is 37.6 Å². The highest BCUT2D eigenvalue weighted by atomic mass is 127. The number of amides is 1. The summed E-state index contributed by atoms with van der Waals surface area (Å²) < 4.78 is 4.79. The zero-order valence-corrected chi connectivity index (χ0v) is 12.9. The van der Waals surface area contributed by atoms with Gasteiger partial charge in [0, 0.05) is 6.20 Å². The predicted molar refractivity (Wildman–Crippen MR) is 80.5 cm³/mol. The van der Waals surface area contributed by atoms with Crippen molar-refractivity contribution in [3.05, 3.63) is 34.2 Å². The van der Waals surface area contributed by atoms with Crippen LogP contribution in [0.3, 0.4) is 0 Å². The summed E-state index contributed by atoms with van der Waals surface area (Å²) in [6.45, 7) is 0. The lowest BCUT2D eigenvalue weighted by atomic mass is 9.81. The van der Waals surface area contributed by atoms with E-state index in [-0.39, 0.29) is 5.56 Å². The summed E-state index contributed by atoms with van der Waals surface area (Å²) in [4.78, 5) is 38.3. The van der Waals surface area contributed by atoms with Crippen LogP contribution in [0.2, 0.25) is 0 Å². The van der Waals surface area contributed by atoms with Crippen molar-refractivity contribution in [3.8, 4) is 0 Å². The van der Waals surface area contributed by atoms with Crippen molar-refractivity contribution in [1.82, 2.24) is 10.3 Å². The van der Waals surface area contributed by atoms with Gasteiger partial charge in [-0.3, -0.25) is 9.59 Å². The van der Waals surface area contributed by atoms with Gasteiger partial charge < -0.3 is 13.4 Å². The Bertz CT molecular complexity index is 563. The van der Waals surface area contributed by atoms with E-state index in [9.17, 15) is 14.4 Å². The van der Waals surface area contributed by atoms with Gasteiger partial charge in [0.25, 0.3) is 11.5 Å². The molecule has 1 fully saturated rings. The molecular weight excluding hydrogens is 375 g/mol. The van der Waals surface area contributed by atoms with E-state index in [2.05, 4.69) is 10.3 Å². The minimum absolute atomic E-state index is 0.00120.